The van der Waals surface area contributed by atoms with E-state index in [1.54, 1.807) is 36.4 Å². The van der Waals surface area contributed by atoms with Crippen molar-refractivity contribution in [1.82, 2.24) is 0 Å². The molecule has 2 aromatic rings. The second-order valence-electron chi connectivity index (χ2n) is 4.21. The van der Waals surface area contributed by atoms with Gasteiger partial charge in [0.05, 0.1) is 35.7 Å². The molecular weight excluding hydrogens is 306 g/mol. The third kappa shape index (κ3) is 3.56. The highest BCUT2D eigenvalue weighted by Gasteiger charge is 2.16. The monoisotopic (exact) mass is 319 g/mol. The summed E-state index contributed by atoms with van der Waals surface area (Å²) in [5, 5.41) is 11.1. The maximum Gasteiger partial charge on any atom is 0.337 e. The number of carbonyl (C=O) groups is 1. The van der Waals surface area contributed by atoms with Crippen LogP contribution in [0, 0.1) is 10.1 Å². The second kappa shape index (κ2) is 6.95. The van der Waals surface area contributed by atoms with Gasteiger partial charge in [0.1, 0.15) is 5.75 Å². The molecule has 0 aliphatic rings. The van der Waals surface area contributed by atoms with Crippen LogP contribution < -0.4 is 4.74 Å². The highest BCUT2D eigenvalue weighted by molar-refractivity contribution is 7.99. The molecule has 0 atom stereocenters. The minimum atomic E-state index is -0.451. The normalized spacial score (nSPS) is 10.1. The Hall–Kier alpha value is -2.54. The summed E-state index contributed by atoms with van der Waals surface area (Å²) in [4.78, 5) is 23.3. The molecule has 22 heavy (non-hydrogen) atoms. The lowest BCUT2D eigenvalue weighted by atomic mass is 10.2. The van der Waals surface area contributed by atoms with E-state index in [9.17, 15) is 14.9 Å². The molecule has 0 aliphatic heterocycles. The third-order valence-electron chi connectivity index (χ3n) is 2.87. The molecule has 0 amide bonds. The summed E-state index contributed by atoms with van der Waals surface area (Å²) in [5.74, 6) is 0.00377. The van der Waals surface area contributed by atoms with E-state index in [1.165, 1.54) is 32.0 Å². The number of methoxy groups -OCH3 is 2. The Labute approximate surface area is 131 Å². The van der Waals surface area contributed by atoms with Gasteiger partial charge in [-0.1, -0.05) is 11.8 Å². The minimum Gasteiger partial charge on any atom is -0.497 e. The summed E-state index contributed by atoms with van der Waals surface area (Å²) in [6.45, 7) is 0. The second-order valence-corrected chi connectivity index (χ2v) is 5.32. The van der Waals surface area contributed by atoms with Crippen LogP contribution in [0.4, 0.5) is 5.69 Å². The Morgan fingerprint density at radius 3 is 2.36 bits per heavy atom. The van der Waals surface area contributed by atoms with Gasteiger partial charge in [-0.05, 0) is 36.4 Å². The average molecular weight is 319 g/mol. The molecule has 0 fully saturated rings. The Balaban J connectivity index is 2.27. The van der Waals surface area contributed by atoms with E-state index in [1.807, 2.05) is 0 Å². The number of rotatable bonds is 5. The first-order valence-corrected chi connectivity index (χ1v) is 7.05. The molecule has 0 spiro atoms. The van der Waals surface area contributed by atoms with Crippen molar-refractivity contribution < 1.29 is 19.2 Å². The highest BCUT2D eigenvalue weighted by Crippen LogP contribution is 2.36. The number of nitro groups is 1. The molecule has 0 bridgehead atoms. The van der Waals surface area contributed by atoms with Crippen molar-refractivity contribution in [3.63, 3.8) is 0 Å². The number of nitrogens with zero attached hydrogens (tertiary/aromatic N) is 1. The molecule has 0 aromatic heterocycles. The van der Waals surface area contributed by atoms with Crippen LogP contribution in [0.3, 0.4) is 0 Å². The van der Waals surface area contributed by atoms with Crippen molar-refractivity contribution in [3.8, 4) is 5.75 Å². The molecule has 0 heterocycles. The molecule has 0 aliphatic carbocycles. The fourth-order valence-electron chi connectivity index (χ4n) is 1.76. The number of esters is 1. The predicted molar refractivity (Wildman–Crippen MR) is 81.6 cm³/mol. The largest absolute Gasteiger partial charge is 0.497 e. The third-order valence-corrected chi connectivity index (χ3v) is 3.94. The van der Waals surface area contributed by atoms with E-state index < -0.39 is 10.9 Å². The van der Waals surface area contributed by atoms with Gasteiger partial charge in [0.25, 0.3) is 5.69 Å². The summed E-state index contributed by atoms with van der Waals surface area (Å²) in [7, 11) is 2.77. The van der Waals surface area contributed by atoms with Gasteiger partial charge >= 0.3 is 5.97 Å². The van der Waals surface area contributed by atoms with Gasteiger partial charge in [0.2, 0.25) is 0 Å². The van der Waals surface area contributed by atoms with Gasteiger partial charge in [-0.2, -0.15) is 0 Å². The van der Waals surface area contributed by atoms with Crippen LogP contribution in [0.1, 0.15) is 10.4 Å². The SMILES string of the molecule is COC(=O)c1ccc(Sc2ccc(OC)cc2[N+](=O)[O-])cc1. The zero-order valence-corrected chi connectivity index (χ0v) is 12.8. The molecule has 114 valence electrons. The predicted octanol–water partition coefficient (Wildman–Crippen LogP) is 3.54. The fourth-order valence-corrected chi connectivity index (χ4v) is 2.66. The lowest BCUT2D eigenvalue weighted by molar-refractivity contribution is -0.387. The Morgan fingerprint density at radius 1 is 1.14 bits per heavy atom. The van der Waals surface area contributed by atoms with Gasteiger partial charge in [-0.15, -0.1) is 0 Å². The van der Waals surface area contributed by atoms with Crippen molar-refractivity contribution in [2.24, 2.45) is 0 Å². The van der Waals surface area contributed by atoms with Crippen molar-refractivity contribution in [1.29, 1.82) is 0 Å². The van der Waals surface area contributed by atoms with Gasteiger partial charge < -0.3 is 9.47 Å². The number of hydrogen-bond acceptors (Lipinski definition) is 6. The highest BCUT2D eigenvalue weighted by atomic mass is 32.2. The van der Waals surface area contributed by atoms with E-state index >= 15 is 0 Å². The molecule has 2 aromatic carbocycles. The Kier molecular flexibility index (Phi) is 5.00. The van der Waals surface area contributed by atoms with Gasteiger partial charge in [-0.25, -0.2) is 4.79 Å². The maximum atomic E-state index is 11.4. The molecule has 6 nitrogen and oxygen atoms in total. The van der Waals surface area contributed by atoms with Crippen LogP contribution in [0.2, 0.25) is 0 Å². The van der Waals surface area contributed by atoms with E-state index in [0.29, 0.717) is 16.2 Å². The lowest BCUT2D eigenvalue weighted by Gasteiger charge is -2.06. The zero-order chi connectivity index (χ0) is 16.1. The van der Waals surface area contributed by atoms with Crippen molar-refractivity contribution >= 4 is 23.4 Å². The summed E-state index contributed by atoms with van der Waals surface area (Å²) in [5.41, 5.74) is 0.400. The average Bonchev–Trinajstić information content (AvgIpc) is 2.55. The smallest absolute Gasteiger partial charge is 0.337 e. The Morgan fingerprint density at radius 2 is 1.82 bits per heavy atom. The summed E-state index contributed by atoms with van der Waals surface area (Å²) >= 11 is 1.24. The molecule has 0 N–H and O–H groups in total. The number of nitro benzene ring substituents is 1. The molecular formula is C15H13NO5S. The summed E-state index contributed by atoms with van der Waals surface area (Å²) in [6.07, 6.45) is 0. The zero-order valence-electron chi connectivity index (χ0n) is 11.9. The van der Waals surface area contributed by atoms with E-state index in [0.717, 1.165) is 4.90 Å². The number of carbonyl (C=O) groups excluding carboxylic acids is 1. The molecule has 0 saturated carbocycles. The van der Waals surface area contributed by atoms with Crippen LogP contribution >= 0.6 is 11.8 Å². The number of ether oxygens (including phenoxy) is 2. The fraction of sp³-hybridized carbons (Fsp3) is 0.133. The molecule has 0 saturated heterocycles. The van der Waals surface area contributed by atoms with E-state index in [2.05, 4.69) is 4.74 Å². The number of benzene rings is 2. The molecule has 0 radical (unpaired) electrons. The van der Waals surface area contributed by atoms with E-state index in [4.69, 9.17) is 4.74 Å². The first-order chi connectivity index (χ1) is 10.5. The van der Waals surface area contributed by atoms with Crippen LogP contribution in [0.25, 0.3) is 0 Å². The minimum absolute atomic E-state index is 0.0265. The van der Waals surface area contributed by atoms with Crippen LogP contribution in [0.5, 0.6) is 5.75 Å². The van der Waals surface area contributed by atoms with Crippen molar-refractivity contribution in [3.05, 3.63) is 58.1 Å². The molecule has 7 heteroatoms. The van der Waals surface area contributed by atoms with Crippen LogP contribution in [-0.2, 0) is 4.74 Å². The molecule has 2 rings (SSSR count). The maximum absolute atomic E-state index is 11.4. The lowest BCUT2D eigenvalue weighted by Crippen LogP contribution is -2.00. The number of hydrogen-bond donors (Lipinski definition) is 0. The topological polar surface area (TPSA) is 78.7 Å². The van der Waals surface area contributed by atoms with Gasteiger partial charge in [-0.3, -0.25) is 10.1 Å². The first-order valence-electron chi connectivity index (χ1n) is 6.24. The van der Waals surface area contributed by atoms with Crippen molar-refractivity contribution in [2.45, 2.75) is 9.79 Å². The molecule has 0 unspecified atom stereocenters. The van der Waals surface area contributed by atoms with Gasteiger partial charge in [0.15, 0.2) is 0 Å². The van der Waals surface area contributed by atoms with Crippen molar-refractivity contribution in [2.75, 3.05) is 14.2 Å². The van der Waals surface area contributed by atoms with Crippen LogP contribution in [0.15, 0.2) is 52.3 Å². The Bertz CT molecular complexity index is 700. The standard InChI is InChI=1S/C15H13NO5S/c1-20-11-5-8-14(13(9-11)16(18)19)22-12-6-3-10(4-7-12)15(17)21-2/h3-9H,1-2H3. The van der Waals surface area contributed by atoms with E-state index in [-0.39, 0.29) is 5.69 Å². The van der Waals surface area contributed by atoms with Crippen LogP contribution in [-0.4, -0.2) is 25.1 Å². The summed E-state index contributed by atoms with van der Waals surface area (Å²) < 4.78 is 9.62. The summed E-state index contributed by atoms with van der Waals surface area (Å²) in [6, 6.07) is 11.3. The first kappa shape index (κ1) is 15.8. The van der Waals surface area contributed by atoms with Gasteiger partial charge in [0, 0.05) is 4.90 Å². The quantitative estimate of drug-likeness (QED) is 0.476.